The maximum Gasteiger partial charge on any atom is 0.271 e. The highest BCUT2D eigenvalue weighted by Crippen LogP contribution is 2.25. The summed E-state index contributed by atoms with van der Waals surface area (Å²) in [5.41, 5.74) is 6.36. The van der Waals surface area contributed by atoms with E-state index in [0.29, 0.717) is 11.3 Å². The van der Waals surface area contributed by atoms with Gasteiger partial charge in [0.05, 0.1) is 23.4 Å². The monoisotopic (exact) mass is 287 g/mol. The van der Waals surface area contributed by atoms with Crippen molar-refractivity contribution in [3.63, 3.8) is 0 Å². The van der Waals surface area contributed by atoms with Crippen molar-refractivity contribution in [1.29, 1.82) is 0 Å². The minimum atomic E-state index is -0.555. The first-order chi connectivity index (χ1) is 10.0. The van der Waals surface area contributed by atoms with Crippen molar-refractivity contribution < 1.29 is 14.5 Å². The van der Waals surface area contributed by atoms with E-state index in [2.05, 4.69) is 5.32 Å². The highest BCUT2D eigenvalue weighted by Gasteiger charge is 2.13. The van der Waals surface area contributed by atoms with E-state index in [-0.39, 0.29) is 17.1 Å². The number of hydrogen-bond acceptors (Lipinski definition) is 5. The normalized spacial score (nSPS) is 9.95. The predicted molar refractivity (Wildman–Crippen MR) is 78.5 cm³/mol. The molecule has 108 valence electrons. The second-order valence-corrected chi connectivity index (χ2v) is 4.21. The molecule has 7 heteroatoms. The molecule has 0 radical (unpaired) electrons. The number of non-ortho nitro benzene ring substituents is 1. The molecule has 0 aliphatic carbocycles. The molecule has 0 fully saturated rings. The van der Waals surface area contributed by atoms with E-state index in [1.165, 1.54) is 25.3 Å². The quantitative estimate of drug-likeness (QED) is 0.510. The third-order valence-corrected chi connectivity index (χ3v) is 2.83. The average Bonchev–Trinajstić information content (AvgIpc) is 2.49. The van der Waals surface area contributed by atoms with Crippen molar-refractivity contribution in [3.8, 4) is 5.75 Å². The molecular formula is C14H13N3O4. The van der Waals surface area contributed by atoms with E-state index in [9.17, 15) is 14.9 Å². The van der Waals surface area contributed by atoms with Crippen LogP contribution in [0.15, 0.2) is 42.5 Å². The molecule has 0 spiro atoms. The number of nitrogens with one attached hydrogen (secondary N) is 1. The van der Waals surface area contributed by atoms with Crippen LogP contribution in [0.5, 0.6) is 5.75 Å². The van der Waals surface area contributed by atoms with Crippen LogP contribution >= 0.6 is 0 Å². The Hall–Kier alpha value is -3.09. The minimum absolute atomic E-state index is 0.148. The second kappa shape index (κ2) is 5.91. The zero-order valence-electron chi connectivity index (χ0n) is 11.2. The minimum Gasteiger partial charge on any atom is -0.497 e. The van der Waals surface area contributed by atoms with E-state index < -0.39 is 10.8 Å². The number of nitro benzene ring substituents is 1. The van der Waals surface area contributed by atoms with E-state index in [1.807, 2.05) is 0 Å². The van der Waals surface area contributed by atoms with Crippen LogP contribution in [0, 0.1) is 10.1 Å². The van der Waals surface area contributed by atoms with Crippen molar-refractivity contribution in [1.82, 2.24) is 0 Å². The van der Waals surface area contributed by atoms with Gasteiger partial charge in [0.1, 0.15) is 5.75 Å². The fourth-order valence-corrected chi connectivity index (χ4v) is 1.72. The molecule has 1 amide bonds. The first kappa shape index (κ1) is 14.3. The number of benzene rings is 2. The van der Waals surface area contributed by atoms with Crippen LogP contribution in [0.4, 0.5) is 17.1 Å². The average molecular weight is 287 g/mol. The number of nitro groups is 1. The number of anilines is 2. The SMILES string of the molecule is COc1cccc(C(=O)Nc2cc([N+](=O)[O-])ccc2N)c1. The fraction of sp³-hybridized carbons (Fsp3) is 0.0714. The fourth-order valence-electron chi connectivity index (χ4n) is 1.72. The van der Waals surface area contributed by atoms with E-state index >= 15 is 0 Å². The Labute approximate surface area is 120 Å². The number of hydrogen-bond donors (Lipinski definition) is 2. The number of nitrogens with two attached hydrogens (primary N) is 1. The van der Waals surface area contributed by atoms with Gasteiger partial charge in [0.25, 0.3) is 11.6 Å². The summed E-state index contributed by atoms with van der Waals surface area (Å²) < 4.78 is 5.04. The lowest BCUT2D eigenvalue weighted by Crippen LogP contribution is -2.13. The van der Waals surface area contributed by atoms with Crippen LogP contribution in [0.2, 0.25) is 0 Å². The van der Waals surface area contributed by atoms with Gasteiger partial charge in [0, 0.05) is 17.7 Å². The van der Waals surface area contributed by atoms with Crippen LogP contribution in [-0.4, -0.2) is 17.9 Å². The number of ether oxygens (including phenoxy) is 1. The summed E-state index contributed by atoms with van der Waals surface area (Å²) in [6.45, 7) is 0. The van der Waals surface area contributed by atoms with Gasteiger partial charge in [0.2, 0.25) is 0 Å². The molecule has 0 aliphatic heterocycles. The van der Waals surface area contributed by atoms with Gasteiger partial charge in [-0.15, -0.1) is 0 Å². The van der Waals surface area contributed by atoms with Crippen LogP contribution in [0.25, 0.3) is 0 Å². The standard InChI is InChI=1S/C14H13N3O4/c1-21-11-4-2-3-9(7-11)14(18)16-13-8-10(17(19)20)5-6-12(13)15/h2-8H,15H2,1H3,(H,16,18). The molecule has 0 atom stereocenters. The van der Waals surface area contributed by atoms with E-state index in [0.717, 1.165) is 0 Å². The Morgan fingerprint density at radius 2 is 2.05 bits per heavy atom. The lowest BCUT2D eigenvalue weighted by atomic mass is 10.2. The zero-order valence-corrected chi connectivity index (χ0v) is 11.2. The Kier molecular flexibility index (Phi) is 4.03. The lowest BCUT2D eigenvalue weighted by molar-refractivity contribution is -0.384. The van der Waals surface area contributed by atoms with Gasteiger partial charge in [-0.1, -0.05) is 6.07 Å². The smallest absolute Gasteiger partial charge is 0.271 e. The molecule has 7 nitrogen and oxygen atoms in total. The molecule has 0 aliphatic rings. The summed E-state index contributed by atoms with van der Waals surface area (Å²) in [6, 6.07) is 10.4. The Morgan fingerprint density at radius 1 is 1.29 bits per heavy atom. The third-order valence-electron chi connectivity index (χ3n) is 2.83. The molecule has 2 aromatic rings. The van der Waals surface area contributed by atoms with Gasteiger partial charge in [-0.3, -0.25) is 14.9 Å². The summed E-state index contributed by atoms with van der Waals surface area (Å²) in [4.78, 5) is 22.3. The van der Waals surface area contributed by atoms with Crippen molar-refractivity contribution in [2.75, 3.05) is 18.2 Å². The van der Waals surface area contributed by atoms with Gasteiger partial charge in [-0.2, -0.15) is 0 Å². The molecule has 2 aromatic carbocycles. The molecule has 0 saturated carbocycles. The maximum atomic E-state index is 12.1. The summed E-state index contributed by atoms with van der Waals surface area (Å²) in [7, 11) is 1.50. The highest BCUT2D eigenvalue weighted by atomic mass is 16.6. The summed E-state index contributed by atoms with van der Waals surface area (Å²) in [5.74, 6) is 0.107. The zero-order chi connectivity index (χ0) is 15.4. The largest absolute Gasteiger partial charge is 0.497 e. The molecule has 0 heterocycles. The number of nitrogen functional groups attached to an aromatic ring is 1. The van der Waals surface area contributed by atoms with Crippen molar-refractivity contribution in [2.45, 2.75) is 0 Å². The van der Waals surface area contributed by atoms with Gasteiger partial charge in [0.15, 0.2) is 0 Å². The molecule has 0 aromatic heterocycles. The van der Waals surface area contributed by atoms with Gasteiger partial charge in [-0.25, -0.2) is 0 Å². The molecule has 0 bridgehead atoms. The topological polar surface area (TPSA) is 107 Å². The van der Waals surface area contributed by atoms with Crippen molar-refractivity contribution >= 4 is 23.0 Å². The summed E-state index contributed by atoms with van der Waals surface area (Å²) in [6.07, 6.45) is 0. The van der Waals surface area contributed by atoms with Crippen LogP contribution in [0.1, 0.15) is 10.4 Å². The molecular weight excluding hydrogens is 274 g/mol. The predicted octanol–water partition coefficient (Wildman–Crippen LogP) is 2.44. The van der Waals surface area contributed by atoms with Crippen molar-refractivity contribution in [3.05, 3.63) is 58.1 Å². The van der Waals surface area contributed by atoms with Gasteiger partial charge in [-0.05, 0) is 24.3 Å². The van der Waals surface area contributed by atoms with Crippen LogP contribution in [-0.2, 0) is 0 Å². The van der Waals surface area contributed by atoms with E-state index in [1.54, 1.807) is 24.3 Å². The Balaban J connectivity index is 2.26. The second-order valence-electron chi connectivity index (χ2n) is 4.21. The third kappa shape index (κ3) is 3.27. The van der Waals surface area contributed by atoms with Crippen molar-refractivity contribution in [2.24, 2.45) is 0 Å². The van der Waals surface area contributed by atoms with Gasteiger partial charge >= 0.3 is 0 Å². The first-order valence-corrected chi connectivity index (χ1v) is 6.00. The lowest BCUT2D eigenvalue weighted by Gasteiger charge is -2.09. The number of methoxy groups -OCH3 is 1. The van der Waals surface area contributed by atoms with Gasteiger partial charge < -0.3 is 15.8 Å². The summed E-state index contributed by atoms with van der Waals surface area (Å²) in [5, 5.41) is 13.3. The number of rotatable bonds is 4. The first-order valence-electron chi connectivity index (χ1n) is 6.00. The summed E-state index contributed by atoms with van der Waals surface area (Å²) >= 11 is 0. The molecule has 3 N–H and O–H groups in total. The molecule has 0 unspecified atom stereocenters. The molecule has 21 heavy (non-hydrogen) atoms. The van der Waals surface area contributed by atoms with Crippen LogP contribution < -0.4 is 15.8 Å². The molecule has 0 saturated heterocycles. The van der Waals surface area contributed by atoms with E-state index in [4.69, 9.17) is 10.5 Å². The number of amides is 1. The highest BCUT2D eigenvalue weighted by molar-refractivity contribution is 6.06. The Morgan fingerprint density at radius 3 is 2.71 bits per heavy atom. The Bertz CT molecular complexity index is 700. The number of carbonyl (C=O) groups excluding carboxylic acids is 1. The number of carbonyl (C=O) groups is 1. The van der Waals surface area contributed by atoms with Crippen LogP contribution in [0.3, 0.4) is 0 Å². The number of nitrogens with zero attached hydrogens (tertiary/aromatic N) is 1. The maximum absolute atomic E-state index is 12.1. The molecule has 2 rings (SSSR count).